The smallest absolute Gasteiger partial charge is 0.410 e. The number of carbonyl (C=O) groups excluding carboxylic acids is 2. The van der Waals surface area contributed by atoms with Crippen LogP contribution in [0.2, 0.25) is 0 Å². The number of nitrogens with zero attached hydrogens (tertiary/aromatic N) is 2. The van der Waals surface area contributed by atoms with E-state index in [0.717, 1.165) is 5.69 Å². The Kier molecular flexibility index (Phi) is 4.45. The molecule has 2 amide bonds. The van der Waals surface area contributed by atoms with Gasteiger partial charge in [-0.2, -0.15) is 0 Å². The van der Waals surface area contributed by atoms with Gasteiger partial charge in [-0.05, 0) is 32.9 Å². The van der Waals surface area contributed by atoms with Gasteiger partial charge >= 0.3 is 6.09 Å². The van der Waals surface area contributed by atoms with Gasteiger partial charge in [0.15, 0.2) is 0 Å². The summed E-state index contributed by atoms with van der Waals surface area (Å²) in [5.74, 6) is -0.221. The maximum atomic E-state index is 11.9. The van der Waals surface area contributed by atoms with Crippen LogP contribution in [0.25, 0.3) is 0 Å². The van der Waals surface area contributed by atoms with E-state index in [4.69, 9.17) is 4.74 Å². The highest BCUT2D eigenvalue weighted by Gasteiger charge is 2.37. The molecule has 0 aliphatic carbocycles. The number of likely N-dealkylation sites (tertiary alicyclic amines) is 1. The molecular weight excluding hydrogens is 270 g/mol. The molecule has 0 unspecified atom stereocenters. The number of nitrogens with one attached hydrogen (secondary N) is 1. The van der Waals surface area contributed by atoms with Crippen molar-refractivity contribution >= 4 is 12.0 Å². The van der Waals surface area contributed by atoms with E-state index < -0.39 is 5.60 Å². The van der Waals surface area contributed by atoms with Gasteiger partial charge in [-0.15, -0.1) is 0 Å². The first kappa shape index (κ1) is 15.3. The van der Waals surface area contributed by atoms with Crippen molar-refractivity contribution < 1.29 is 14.3 Å². The number of ether oxygens (including phenoxy) is 1. The van der Waals surface area contributed by atoms with E-state index in [-0.39, 0.29) is 17.9 Å². The fraction of sp³-hybridized carbons (Fsp3) is 0.533. The van der Waals surface area contributed by atoms with Crippen molar-refractivity contribution in [3.8, 4) is 0 Å². The Hall–Kier alpha value is -2.11. The maximum absolute atomic E-state index is 11.9. The quantitative estimate of drug-likeness (QED) is 0.917. The van der Waals surface area contributed by atoms with Crippen molar-refractivity contribution in [1.29, 1.82) is 0 Å². The van der Waals surface area contributed by atoms with Crippen LogP contribution in [0, 0.1) is 5.92 Å². The first-order valence-corrected chi connectivity index (χ1v) is 7.01. The lowest BCUT2D eigenvalue weighted by Gasteiger charge is -2.38. The summed E-state index contributed by atoms with van der Waals surface area (Å²) in [6.07, 6.45) is 1.32. The molecule has 2 rings (SSSR count). The summed E-state index contributed by atoms with van der Waals surface area (Å²) < 4.78 is 5.24. The molecule has 6 heteroatoms. The highest BCUT2D eigenvalue weighted by atomic mass is 16.6. The Bertz CT molecular complexity index is 505. The number of hydrogen-bond acceptors (Lipinski definition) is 4. The molecule has 1 N–H and O–H groups in total. The molecule has 2 heterocycles. The number of amides is 2. The van der Waals surface area contributed by atoms with Gasteiger partial charge in [0, 0.05) is 19.3 Å². The van der Waals surface area contributed by atoms with E-state index in [0.29, 0.717) is 19.6 Å². The van der Waals surface area contributed by atoms with Gasteiger partial charge in [-0.25, -0.2) is 4.79 Å². The second kappa shape index (κ2) is 6.11. The van der Waals surface area contributed by atoms with Crippen molar-refractivity contribution in [2.24, 2.45) is 5.92 Å². The lowest BCUT2D eigenvalue weighted by Crippen LogP contribution is -2.56. The second-order valence-electron chi connectivity index (χ2n) is 6.12. The lowest BCUT2D eigenvalue weighted by atomic mass is 10.00. The summed E-state index contributed by atoms with van der Waals surface area (Å²) >= 11 is 0. The molecule has 1 aromatic heterocycles. The molecule has 6 nitrogen and oxygen atoms in total. The predicted octanol–water partition coefficient (Wildman–Crippen LogP) is 1.56. The number of rotatable bonds is 3. The SMILES string of the molecule is CC(C)(C)OC(=O)N1CC(C(=O)NCc2ccccn2)C1. The zero-order valence-corrected chi connectivity index (χ0v) is 12.6. The van der Waals surface area contributed by atoms with Gasteiger partial charge in [-0.1, -0.05) is 6.07 Å². The van der Waals surface area contributed by atoms with Crippen LogP contribution in [0.4, 0.5) is 4.79 Å². The Morgan fingerprint density at radius 3 is 2.67 bits per heavy atom. The molecule has 0 atom stereocenters. The largest absolute Gasteiger partial charge is 0.444 e. The zero-order valence-electron chi connectivity index (χ0n) is 12.6. The van der Waals surface area contributed by atoms with Gasteiger partial charge in [0.1, 0.15) is 5.60 Å². The van der Waals surface area contributed by atoms with Crippen molar-refractivity contribution in [1.82, 2.24) is 15.2 Å². The van der Waals surface area contributed by atoms with Crippen LogP contribution in [-0.2, 0) is 16.1 Å². The molecule has 0 radical (unpaired) electrons. The Labute approximate surface area is 124 Å². The van der Waals surface area contributed by atoms with Crippen molar-refractivity contribution in [2.45, 2.75) is 32.9 Å². The third-order valence-electron chi connectivity index (χ3n) is 3.07. The van der Waals surface area contributed by atoms with Gasteiger partial charge < -0.3 is 15.0 Å². The fourth-order valence-electron chi connectivity index (χ4n) is 1.94. The summed E-state index contributed by atoms with van der Waals surface area (Å²) in [5.41, 5.74) is 0.304. The number of carbonyl (C=O) groups is 2. The maximum Gasteiger partial charge on any atom is 0.410 e. The molecule has 0 aromatic carbocycles. The molecule has 21 heavy (non-hydrogen) atoms. The first-order chi connectivity index (χ1) is 9.85. The Balaban J connectivity index is 1.72. The summed E-state index contributed by atoms with van der Waals surface area (Å²) in [7, 11) is 0. The minimum atomic E-state index is -0.511. The third kappa shape index (κ3) is 4.44. The number of hydrogen-bond donors (Lipinski definition) is 1. The number of aromatic nitrogens is 1. The molecule has 1 fully saturated rings. The van der Waals surface area contributed by atoms with Crippen LogP contribution < -0.4 is 5.32 Å². The molecule has 1 aliphatic heterocycles. The van der Waals surface area contributed by atoms with Crippen LogP contribution in [0.3, 0.4) is 0 Å². The van der Waals surface area contributed by atoms with E-state index in [2.05, 4.69) is 10.3 Å². The van der Waals surface area contributed by atoms with Gasteiger partial charge in [-0.3, -0.25) is 9.78 Å². The molecule has 1 saturated heterocycles. The zero-order chi connectivity index (χ0) is 15.5. The monoisotopic (exact) mass is 291 g/mol. The molecule has 0 spiro atoms. The summed E-state index contributed by atoms with van der Waals surface area (Å²) in [6, 6.07) is 5.56. The minimum absolute atomic E-state index is 0.0551. The van der Waals surface area contributed by atoms with E-state index in [9.17, 15) is 9.59 Å². The topological polar surface area (TPSA) is 71.5 Å². The normalized spacial score (nSPS) is 15.3. The molecule has 1 aliphatic rings. The molecular formula is C15H21N3O3. The molecule has 114 valence electrons. The van der Waals surface area contributed by atoms with Gasteiger partial charge in [0.05, 0.1) is 18.2 Å². The van der Waals surface area contributed by atoms with Crippen LogP contribution in [0.15, 0.2) is 24.4 Å². The Morgan fingerprint density at radius 1 is 1.38 bits per heavy atom. The fourth-order valence-corrected chi connectivity index (χ4v) is 1.94. The molecule has 1 aromatic rings. The molecule has 0 bridgehead atoms. The summed E-state index contributed by atoms with van der Waals surface area (Å²) in [6.45, 7) is 6.68. The highest BCUT2D eigenvalue weighted by molar-refractivity contribution is 5.82. The standard InChI is InChI=1S/C15H21N3O3/c1-15(2,3)21-14(20)18-9-11(10-18)13(19)17-8-12-6-4-5-7-16-12/h4-7,11H,8-10H2,1-3H3,(H,17,19). The lowest BCUT2D eigenvalue weighted by molar-refractivity contribution is -0.129. The van der Waals surface area contributed by atoms with Crippen molar-refractivity contribution in [3.05, 3.63) is 30.1 Å². The van der Waals surface area contributed by atoms with E-state index >= 15 is 0 Å². The highest BCUT2D eigenvalue weighted by Crippen LogP contribution is 2.19. The van der Waals surface area contributed by atoms with Gasteiger partial charge in [0.25, 0.3) is 0 Å². The van der Waals surface area contributed by atoms with E-state index in [1.807, 2.05) is 39.0 Å². The van der Waals surface area contributed by atoms with Crippen LogP contribution >= 0.6 is 0 Å². The van der Waals surface area contributed by atoms with Crippen molar-refractivity contribution in [2.75, 3.05) is 13.1 Å². The first-order valence-electron chi connectivity index (χ1n) is 7.01. The van der Waals surface area contributed by atoms with E-state index in [1.165, 1.54) is 4.90 Å². The van der Waals surface area contributed by atoms with Gasteiger partial charge in [0.2, 0.25) is 5.91 Å². The van der Waals surface area contributed by atoms with Crippen molar-refractivity contribution in [3.63, 3.8) is 0 Å². The predicted molar refractivity (Wildman–Crippen MR) is 77.4 cm³/mol. The average Bonchev–Trinajstić information content (AvgIpc) is 2.33. The van der Waals surface area contributed by atoms with E-state index in [1.54, 1.807) is 6.20 Å². The number of pyridine rings is 1. The average molecular weight is 291 g/mol. The van der Waals surface area contributed by atoms with Crippen LogP contribution in [0.5, 0.6) is 0 Å². The third-order valence-corrected chi connectivity index (χ3v) is 3.07. The molecule has 0 saturated carbocycles. The summed E-state index contributed by atoms with van der Waals surface area (Å²) in [4.78, 5) is 29.4. The summed E-state index contributed by atoms with van der Waals surface area (Å²) in [5, 5.41) is 2.83. The minimum Gasteiger partial charge on any atom is -0.444 e. The van der Waals surface area contributed by atoms with Crippen LogP contribution in [-0.4, -0.2) is 40.6 Å². The van der Waals surface area contributed by atoms with Crippen LogP contribution in [0.1, 0.15) is 26.5 Å². The second-order valence-corrected chi connectivity index (χ2v) is 6.12. The Morgan fingerprint density at radius 2 is 2.10 bits per heavy atom.